The molecule has 6 nitrogen and oxygen atoms in total. The maximum absolute atomic E-state index is 12.7. The number of nitrogens with one attached hydrogen (secondary N) is 1. The zero-order chi connectivity index (χ0) is 21.5. The molecule has 1 heterocycles. The average Bonchev–Trinajstić information content (AvgIpc) is 2.74. The number of amides is 2. The van der Waals surface area contributed by atoms with Crippen molar-refractivity contribution < 1.29 is 19.4 Å². The monoisotopic (exact) mass is 480 g/mol. The maximum Gasteiger partial charge on any atom is 0.404 e. The minimum Gasteiger partial charge on any atom is -0.497 e. The molecular formula is C23H33BrN2O4. The van der Waals surface area contributed by atoms with Gasteiger partial charge in [-0.3, -0.25) is 4.79 Å². The molecular weight excluding hydrogens is 448 g/mol. The fraction of sp³-hybridized carbons (Fsp3) is 0.652. The molecule has 0 radical (unpaired) electrons. The Kier molecular flexibility index (Phi) is 8.42. The highest BCUT2D eigenvalue weighted by Crippen LogP contribution is 2.30. The van der Waals surface area contributed by atoms with Gasteiger partial charge in [0.15, 0.2) is 0 Å². The molecule has 2 aliphatic rings. The quantitative estimate of drug-likeness (QED) is 0.584. The third-order valence-electron chi connectivity index (χ3n) is 6.67. The first-order valence-electron chi connectivity index (χ1n) is 11.0. The molecule has 1 aromatic rings. The van der Waals surface area contributed by atoms with Crippen LogP contribution in [0.3, 0.4) is 0 Å². The second-order valence-corrected chi connectivity index (χ2v) is 9.55. The molecule has 2 amide bonds. The molecule has 1 saturated carbocycles. The van der Waals surface area contributed by atoms with Gasteiger partial charge in [0.2, 0.25) is 5.91 Å². The van der Waals surface area contributed by atoms with Crippen LogP contribution in [0.2, 0.25) is 0 Å². The first-order valence-corrected chi connectivity index (χ1v) is 11.8. The molecule has 0 aromatic heterocycles. The molecule has 0 unspecified atom stereocenters. The summed E-state index contributed by atoms with van der Waals surface area (Å²) in [7, 11) is 1.69. The molecule has 0 atom stereocenters. The van der Waals surface area contributed by atoms with Crippen molar-refractivity contribution in [1.82, 2.24) is 10.2 Å². The Bertz CT molecular complexity index is 726. The van der Waals surface area contributed by atoms with E-state index >= 15 is 0 Å². The van der Waals surface area contributed by atoms with Crippen LogP contribution in [0, 0.1) is 11.8 Å². The molecule has 2 fully saturated rings. The normalized spacial score (nSPS) is 22.5. The van der Waals surface area contributed by atoms with E-state index in [1.165, 1.54) is 5.56 Å². The van der Waals surface area contributed by atoms with Gasteiger partial charge >= 0.3 is 6.09 Å². The Hall–Kier alpha value is -1.76. The van der Waals surface area contributed by atoms with Crippen molar-refractivity contribution in [1.29, 1.82) is 0 Å². The number of rotatable bonds is 7. The van der Waals surface area contributed by atoms with Crippen molar-refractivity contribution in [3.63, 3.8) is 0 Å². The van der Waals surface area contributed by atoms with Gasteiger partial charge < -0.3 is 20.1 Å². The second-order valence-electron chi connectivity index (χ2n) is 8.69. The van der Waals surface area contributed by atoms with E-state index in [1.807, 2.05) is 17.0 Å². The fourth-order valence-corrected chi connectivity index (χ4v) is 5.20. The van der Waals surface area contributed by atoms with E-state index < -0.39 is 6.09 Å². The number of ether oxygens (including phenoxy) is 1. The summed E-state index contributed by atoms with van der Waals surface area (Å²) < 4.78 is 6.46. The third-order valence-corrected chi connectivity index (χ3v) is 7.44. The van der Waals surface area contributed by atoms with Crippen LogP contribution in [0.4, 0.5) is 4.79 Å². The van der Waals surface area contributed by atoms with E-state index in [4.69, 9.17) is 9.84 Å². The summed E-state index contributed by atoms with van der Waals surface area (Å²) in [6.07, 6.45) is 7.49. The predicted molar refractivity (Wildman–Crippen MR) is 120 cm³/mol. The molecule has 0 spiro atoms. The lowest BCUT2D eigenvalue weighted by Gasteiger charge is -2.33. The van der Waals surface area contributed by atoms with Crippen LogP contribution >= 0.6 is 15.9 Å². The molecule has 1 aromatic carbocycles. The van der Waals surface area contributed by atoms with Crippen LogP contribution in [0.15, 0.2) is 22.7 Å². The van der Waals surface area contributed by atoms with E-state index in [1.54, 1.807) is 7.11 Å². The molecule has 3 rings (SSSR count). The van der Waals surface area contributed by atoms with Crippen LogP contribution in [-0.2, 0) is 11.2 Å². The maximum atomic E-state index is 12.7. The van der Waals surface area contributed by atoms with E-state index in [2.05, 4.69) is 27.3 Å². The van der Waals surface area contributed by atoms with E-state index in [9.17, 15) is 9.59 Å². The zero-order valence-corrected chi connectivity index (χ0v) is 19.3. The molecule has 30 heavy (non-hydrogen) atoms. The van der Waals surface area contributed by atoms with Gasteiger partial charge in [-0.1, -0.05) is 15.9 Å². The Morgan fingerprint density at radius 3 is 2.47 bits per heavy atom. The molecule has 1 aliphatic heterocycles. The van der Waals surface area contributed by atoms with Crippen LogP contribution in [0.25, 0.3) is 0 Å². The summed E-state index contributed by atoms with van der Waals surface area (Å²) in [6.45, 7) is 1.70. The van der Waals surface area contributed by atoms with Gasteiger partial charge in [0.25, 0.3) is 0 Å². The smallest absolute Gasteiger partial charge is 0.404 e. The number of piperidine rings is 1. The van der Waals surface area contributed by atoms with Crippen molar-refractivity contribution in [2.75, 3.05) is 20.2 Å². The number of halogens is 1. The summed E-state index contributed by atoms with van der Waals surface area (Å²) in [4.78, 5) is 25.4. The first kappa shape index (κ1) is 22.9. The van der Waals surface area contributed by atoms with Gasteiger partial charge in [0.1, 0.15) is 5.75 Å². The van der Waals surface area contributed by atoms with Gasteiger partial charge in [-0.05, 0) is 87.0 Å². The van der Waals surface area contributed by atoms with Gasteiger partial charge in [0, 0.05) is 30.0 Å². The van der Waals surface area contributed by atoms with Crippen molar-refractivity contribution in [3.8, 4) is 5.75 Å². The summed E-state index contributed by atoms with van der Waals surface area (Å²) in [5.41, 5.74) is 1.27. The van der Waals surface area contributed by atoms with Crippen LogP contribution in [-0.4, -0.2) is 48.2 Å². The molecule has 1 aliphatic carbocycles. The number of carboxylic acid groups (broad SMARTS) is 1. The van der Waals surface area contributed by atoms with Crippen LogP contribution in [0.5, 0.6) is 5.75 Å². The first-order chi connectivity index (χ1) is 14.4. The summed E-state index contributed by atoms with van der Waals surface area (Å²) >= 11 is 3.64. The molecule has 0 bridgehead atoms. The zero-order valence-electron chi connectivity index (χ0n) is 17.7. The lowest BCUT2D eigenvalue weighted by atomic mass is 9.83. The third kappa shape index (κ3) is 6.62. The number of likely N-dealkylation sites (tertiary alicyclic amines) is 1. The SMILES string of the molecule is COc1ccc(Br)c(CC2CCN(C(=O)CCC3CCC(NC(=O)O)CC3)CC2)c1. The fourth-order valence-electron chi connectivity index (χ4n) is 4.79. The van der Waals surface area contributed by atoms with Gasteiger partial charge in [0.05, 0.1) is 7.11 Å². The molecule has 166 valence electrons. The number of benzene rings is 1. The van der Waals surface area contributed by atoms with Crippen LogP contribution < -0.4 is 10.1 Å². The van der Waals surface area contributed by atoms with Crippen molar-refractivity contribution in [2.24, 2.45) is 11.8 Å². The lowest BCUT2D eigenvalue weighted by molar-refractivity contribution is -0.132. The average molecular weight is 481 g/mol. The number of nitrogens with zero attached hydrogens (tertiary/aromatic N) is 1. The largest absolute Gasteiger partial charge is 0.497 e. The highest BCUT2D eigenvalue weighted by Gasteiger charge is 2.26. The minimum atomic E-state index is -0.934. The Balaban J connectivity index is 1.37. The molecule has 2 N–H and O–H groups in total. The predicted octanol–water partition coefficient (Wildman–Crippen LogP) is 4.85. The number of hydrogen-bond acceptors (Lipinski definition) is 3. The van der Waals surface area contributed by atoms with Crippen LogP contribution in [0.1, 0.15) is 56.9 Å². The summed E-state index contributed by atoms with van der Waals surface area (Å²) in [6, 6.07) is 6.18. The topological polar surface area (TPSA) is 78.9 Å². The molecule has 7 heteroatoms. The Morgan fingerprint density at radius 2 is 1.83 bits per heavy atom. The van der Waals surface area contributed by atoms with E-state index in [0.717, 1.165) is 74.7 Å². The summed E-state index contributed by atoms with van der Waals surface area (Å²) in [5, 5.41) is 11.4. The van der Waals surface area contributed by atoms with Crippen molar-refractivity contribution >= 4 is 27.9 Å². The number of carbonyl (C=O) groups excluding carboxylic acids is 1. The highest BCUT2D eigenvalue weighted by molar-refractivity contribution is 9.10. The number of carbonyl (C=O) groups is 2. The van der Waals surface area contributed by atoms with Crippen molar-refractivity contribution in [2.45, 2.75) is 63.8 Å². The Labute approximate surface area is 187 Å². The Morgan fingerprint density at radius 1 is 1.13 bits per heavy atom. The highest BCUT2D eigenvalue weighted by atomic mass is 79.9. The summed E-state index contributed by atoms with van der Waals surface area (Å²) in [5.74, 6) is 2.30. The second kappa shape index (κ2) is 11.0. The van der Waals surface area contributed by atoms with E-state index in [0.29, 0.717) is 18.3 Å². The molecule has 1 saturated heterocycles. The minimum absolute atomic E-state index is 0.0816. The van der Waals surface area contributed by atoms with Gasteiger partial charge in [-0.25, -0.2) is 4.79 Å². The standard InChI is InChI=1S/C23H33BrN2O4/c1-30-20-7-8-21(24)18(15-20)14-17-10-12-26(13-11-17)22(27)9-4-16-2-5-19(6-3-16)25-23(28)29/h7-8,15-17,19,25H,2-6,9-14H2,1H3,(H,28,29). The van der Waals surface area contributed by atoms with E-state index in [-0.39, 0.29) is 11.9 Å². The number of methoxy groups -OCH3 is 1. The van der Waals surface area contributed by atoms with Crippen molar-refractivity contribution in [3.05, 3.63) is 28.2 Å². The number of hydrogen-bond donors (Lipinski definition) is 2. The lowest BCUT2D eigenvalue weighted by Crippen LogP contribution is -2.39. The van der Waals surface area contributed by atoms with Gasteiger partial charge in [-0.2, -0.15) is 0 Å². The van der Waals surface area contributed by atoms with Gasteiger partial charge in [-0.15, -0.1) is 0 Å².